The molecule has 190 valence electrons. The van der Waals surface area contributed by atoms with Crippen molar-refractivity contribution in [1.82, 2.24) is 24.3 Å². The lowest BCUT2D eigenvalue weighted by atomic mass is 10.1. The molecular formula is C27H26ClN5O4. The lowest BCUT2D eigenvalue weighted by molar-refractivity contribution is 0.0589. The molecule has 0 unspecified atom stereocenters. The molecule has 0 aliphatic rings. The summed E-state index contributed by atoms with van der Waals surface area (Å²) in [5.41, 5.74) is 3.77. The largest absolute Gasteiger partial charge is 0.464 e. The summed E-state index contributed by atoms with van der Waals surface area (Å²) in [6, 6.07) is 15.7. The van der Waals surface area contributed by atoms with Crippen molar-refractivity contribution in [2.45, 2.75) is 39.2 Å². The number of aryl methyl sites for hydroxylation is 1. The Kier molecular flexibility index (Phi) is 6.96. The van der Waals surface area contributed by atoms with Gasteiger partial charge in [-0.1, -0.05) is 60.8 Å². The SMILES string of the molecule is CCCCCc1nc(Cl)c(C(=O)OC)n1Cc1cccc2c1ccn2-c1ccccc1-c1noc(=O)[nH]1. The number of aromatic nitrogens is 5. The molecule has 2 aromatic carbocycles. The molecule has 0 saturated heterocycles. The van der Waals surface area contributed by atoms with Gasteiger partial charge >= 0.3 is 11.7 Å². The number of para-hydroxylation sites is 1. The van der Waals surface area contributed by atoms with Crippen molar-refractivity contribution < 1.29 is 14.1 Å². The lowest BCUT2D eigenvalue weighted by Gasteiger charge is -2.13. The van der Waals surface area contributed by atoms with Gasteiger partial charge in [-0.05, 0) is 36.2 Å². The van der Waals surface area contributed by atoms with Crippen molar-refractivity contribution in [2.24, 2.45) is 0 Å². The predicted molar refractivity (Wildman–Crippen MR) is 140 cm³/mol. The van der Waals surface area contributed by atoms with Crippen LogP contribution in [0.5, 0.6) is 0 Å². The van der Waals surface area contributed by atoms with Crippen LogP contribution in [0.15, 0.2) is 64.0 Å². The molecule has 37 heavy (non-hydrogen) atoms. The molecule has 0 bridgehead atoms. The van der Waals surface area contributed by atoms with E-state index in [4.69, 9.17) is 20.9 Å². The van der Waals surface area contributed by atoms with Crippen LogP contribution in [0.2, 0.25) is 5.15 Å². The highest BCUT2D eigenvalue weighted by Gasteiger charge is 2.23. The number of methoxy groups -OCH3 is 1. The Morgan fingerprint density at radius 1 is 1.14 bits per heavy atom. The highest BCUT2D eigenvalue weighted by molar-refractivity contribution is 6.32. The number of hydrogen-bond acceptors (Lipinski definition) is 6. The Balaban J connectivity index is 1.59. The van der Waals surface area contributed by atoms with Gasteiger partial charge in [0.2, 0.25) is 0 Å². The third-order valence-corrected chi connectivity index (χ3v) is 6.66. The van der Waals surface area contributed by atoms with Crippen LogP contribution in [0, 0.1) is 0 Å². The van der Waals surface area contributed by atoms with Crippen LogP contribution in [0.3, 0.4) is 0 Å². The van der Waals surface area contributed by atoms with Crippen molar-refractivity contribution in [1.29, 1.82) is 0 Å². The number of halogens is 1. The molecule has 1 N–H and O–H groups in total. The number of unbranched alkanes of at least 4 members (excludes halogenated alkanes) is 2. The summed E-state index contributed by atoms with van der Waals surface area (Å²) in [6.45, 7) is 2.55. The average Bonchev–Trinajstić information content (AvgIpc) is 3.61. The summed E-state index contributed by atoms with van der Waals surface area (Å²) in [5.74, 6) is -0.0131. The minimum absolute atomic E-state index is 0.152. The number of imidazole rings is 1. The van der Waals surface area contributed by atoms with Crippen LogP contribution in [-0.4, -0.2) is 37.3 Å². The number of carbonyl (C=O) groups is 1. The van der Waals surface area contributed by atoms with Gasteiger partial charge in [0.25, 0.3) is 0 Å². The van der Waals surface area contributed by atoms with E-state index in [9.17, 15) is 9.59 Å². The Hall–Kier alpha value is -4.11. The number of aromatic amines is 1. The molecule has 3 aromatic heterocycles. The monoisotopic (exact) mass is 519 g/mol. The topological polar surface area (TPSA) is 108 Å². The van der Waals surface area contributed by atoms with E-state index in [1.807, 2.05) is 63.9 Å². The van der Waals surface area contributed by atoms with Gasteiger partial charge in [0, 0.05) is 23.6 Å². The highest BCUT2D eigenvalue weighted by atomic mass is 35.5. The van der Waals surface area contributed by atoms with Crippen LogP contribution >= 0.6 is 11.6 Å². The fraction of sp³-hybridized carbons (Fsp3) is 0.259. The van der Waals surface area contributed by atoms with Gasteiger partial charge in [-0.3, -0.25) is 9.51 Å². The number of esters is 1. The fourth-order valence-electron chi connectivity index (χ4n) is 4.63. The van der Waals surface area contributed by atoms with Crippen LogP contribution in [0.1, 0.15) is 48.1 Å². The van der Waals surface area contributed by atoms with Gasteiger partial charge in [0.1, 0.15) is 5.82 Å². The van der Waals surface area contributed by atoms with Crippen LogP contribution < -0.4 is 5.76 Å². The molecule has 0 aliphatic carbocycles. The zero-order valence-corrected chi connectivity index (χ0v) is 21.3. The lowest BCUT2D eigenvalue weighted by Crippen LogP contribution is -2.14. The third-order valence-electron chi connectivity index (χ3n) is 6.40. The van der Waals surface area contributed by atoms with E-state index in [0.717, 1.165) is 52.8 Å². The third kappa shape index (κ3) is 4.70. The van der Waals surface area contributed by atoms with E-state index < -0.39 is 11.7 Å². The number of hydrogen-bond donors (Lipinski definition) is 1. The molecule has 10 heteroatoms. The predicted octanol–water partition coefficient (Wildman–Crippen LogP) is 5.39. The number of nitrogens with one attached hydrogen (secondary N) is 1. The molecule has 0 radical (unpaired) electrons. The molecular weight excluding hydrogens is 494 g/mol. The van der Waals surface area contributed by atoms with Crippen molar-refractivity contribution in [3.63, 3.8) is 0 Å². The molecule has 0 amide bonds. The van der Waals surface area contributed by atoms with E-state index in [1.54, 1.807) is 0 Å². The van der Waals surface area contributed by atoms with E-state index in [-0.39, 0.29) is 10.8 Å². The molecule has 0 spiro atoms. The molecule has 0 fully saturated rings. The maximum absolute atomic E-state index is 12.6. The quantitative estimate of drug-likeness (QED) is 0.206. The summed E-state index contributed by atoms with van der Waals surface area (Å²) in [6.07, 6.45) is 5.77. The first kappa shape index (κ1) is 24.6. The minimum Gasteiger partial charge on any atom is -0.464 e. The molecule has 0 aliphatic heterocycles. The van der Waals surface area contributed by atoms with E-state index >= 15 is 0 Å². The molecule has 0 saturated carbocycles. The second-order valence-electron chi connectivity index (χ2n) is 8.70. The molecule has 0 atom stereocenters. The van der Waals surface area contributed by atoms with Gasteiger partial charge in [-0.25, -0.2) is 14.6 Å². The summed E-state index contributed by atoms with van der Waals surface area (Å²) < 4.78 is 13.6. The standard InChI is InChI=1S/C27H26ClN5O4/c1-3-4-5-13-22-29-24(28)23(26(34)36-2)33(22)16-17-9-8-12-20-18(17)14-15-32(20)21-11-7-6-10-19(21)25-30-27(35)37-31-25/h6-12,14-15H,3-5,13,16H2,1-2H3,(H,30,31,35). The Morgan fingerprint density at radius 2 is 1.97 bits per heavy atom. The fourth-order valence-corrected chi connectivity index (χ4v) is 4.91. The van der Waals surface area contributed by atoms with Gasteiger partial charge < -0.3 is 13.9 Å². The minimum atomic E-state index is -0.611. The van der Waals surface area contributed by atoms with E-state index in [1.165, 1.54) is 7.11 Å². The first-order chi connectivity index (χ1) is 18.0. The Bertz CT molecular complexity index is 1630. The van der Waals surface area contributed by atoms with Gasteiger partial charge in [-0.2, -0.15) is 0 Å². The maximum atomic E-state index is 12.6. The highest BCUT2D eigenvalue weighted by Crippen LogP contribution is 2.30. The molecule has 9 nitrogen and oxygen atoms in total. The van der Waals surface area contributed by atoms with Gasteiger partial charge in [0.15, 0.2) is 16.7 Å². The van der Waals surface area contributed by atoms with Crippen LogP contribution in [0.4, 0.5) is 0 Å². The summed E-state index contributed by atoms with van der Waals surface area (Å²) in [5, 5.41) is 5.02. The molecule has 5 rings (SSSR count). The number of ether oxygens (including phenoxy) is 1. The first-order valence-corrected chi connectivity index (χ1v) is 12.5. The van der Waals surface area contributed by atoms with Gasteiger partial charge in [-0.15, -0.1) is 0 Å². The number of fused-ring (bicyclic) bond motifs is 1. The van der Waals surface area contributed by atoms with Crippen LogP contribution in [0.25, 0.3) is 28.0 Å². The summed E-state index contributed by atoms with van der Waals surface area (Å²) in [7, 11) is 1.34. The second-order valence-corrected chi connectivity index (χ2v) is 9.06. The number of H-pyrrole nitrogens is 1. The number of carbonyl (C=O) groups excluding carboxylic acids is 1. The van der Waals surface area contributed by atoms with Crippen molar-refractivity contribution in [2.75, 3.05) is 7.11 Å². The Morgan fingerprint density at radius 3 is 2.73 bits per heavy atom. The van der Waals surface area contributed by atoms with Gasteiger partial charge in [0.05, 0.1) is 24.9 Å². The van der Waals surface area contributed by atoms with Crippen molar-refractivity contribution in [3.05, 3.63) is 87.5 Å². The maximum Gasteiger partial charge on any atom is 0.439 e. The zero-order valence-electron chi connectivity index (χ0n) is 20.5. The normalized spacial score (nSPS) is 11.3. The first-order valence-electron chi connectivity index (χ1n) is 12.1. The van der Waals surface area contributed by atoms with Crippen molar-refractivity contribution in [3.8, 4) is 17.1 Å². The number of rotatable bonds is 9. The van der Waals surface area contributed by atoms with Crippen molar-refractivity contribution >= 4 is 28.5 Å². The zero-order chi connectivity index (χ0) is 25.9. The summed E-state index contributed by atoms with van der Waals surface area (Å²) >= 11 is 6.41. The second kappa shape index (κ2) is 10.5. The smallest absolute Gasteiger partial charge is 0.439 e. The molecule has 5 aromatic rings. The van der Waals surface area contributed by atoms with Crippen LogP contribution in [-0.2, 0) is 17.7 Å². The number of nitrogens with zero attached hydrogens (tertiary/aromatic N) is 4. The molecule has 3 heterocycles. The van der Waals surface area contributed by atoms with E-state index in [0.29, 0.717) is 18.8 Å². The average molecular weight is 520 g/mol. The van der Waals surface area contributed by atoms with E-state index in [2.05, 4.69) is 22.0 Å². The Labute approximate surface area is 217 Å². The number of benzene rings is 2. The summed E-state index contributed by atoms with van der Waals surface area (Å²) in [4.78, 5) is 31.3.